The molecule has 0 amide bonds. The molecule has 184 valence electrons. The molecule has 1 N–H and O–H groups in total. The lowest BCUT2D eigenvalue weighted by Gasteiger charge is -2.13. The van der Waals surface area contributed by atoms with E-state index in [0.29, 0.717) is 13.2 Å². The van der Waals surface area contributed by atoms with Crippen LogP contribution in [0.4, 0.5) is 0 Å². The molecule has 5 rings (SSSR count). The summed E-state index contributed by atoms with van der Waals surface area (Å²) < 4.78 is 15.9. The van der Waals surface area contributed by atoms with Gasteiger partial charge in [-0.15, -0.1) is 0 Å². The number of para-hydroxylation sites is 1. The third kappa shape index (κ3) is 4.91. The van der Waals surface area contributed by atoms with Crippen LogP contribution in [0.15, 0.2) is 79.3 Å². The van der Waals surface area contributed by atoms with Crippen LogP contribution >= 0.6 is 0 Å². The number of aromatic nitrogens is 3. The van der Waals surface area contributed by atoms with E-state index in [2.05, 4.69) is 29.7 Å². The van der Waals surface area contributed by atoms with Crippen LogP contribution in [0.2, 0.25) is 0 Å². The number of carbonyl (C=O) groups is 1. The van der Waals surface area contributed by atoms with E-state index in [4.69, 9.17) is 19.6 Å². The van der Waals surface area contributed by atoms with Gasteiger partial charge in [-0.1, -0.05) is 31.5 Å². The van der Waals surface area contributed by atoms with Crippen LogP contribution < -0.4 is 9.47 Å². The summed E-state index contributed by atoms with van der Waals surface area (Å²) >= 11 is 0. The Morgan fingerprint density at radius 1 is 0.972 bits per heavy atom. The van der Waals surface area contributed by atoms with E-state index < -0.39 is 5.97 Å². The first-order chi connectivity index (χ1) is 17.6. The van der Waals surface area contributed by atoms with E-state index in [-0.39, 0.29) is 6.54 Å². The molecule has 0 radical (unpaired) electrons. The fraction of sp³-hybridized carbons (Fsp3) is 0.241. The van der Waals surface area contributed by atoms with Crippen molar-refractivity contribution in [3.63, 3.8) is 0 Å². The molecule has 36 heavy (non-hydrogen) atoms. The van der Waals surface area contributed by atoms with E-state index >= 15 is 0 Å². The van der Waals surface area contributed by atoms with E-state index in [1.54, 1.807) is 10.8 Å². The number of nitrogens with zero attached hydrogens (tertiary/aromatic N) is 3. The molecular formula is C29H29N3O4. The van der Waals surface area contributed by atoms with Crippen LogP contribution in [0.25, 0.3) is 27.6 Å². The summed E-state index contributed by atoms with van der Waals surface area (Å²) in [6.45, 7) is 3.17. The second kappa shape index (κ2) is 10.6. The third-order valence-corrected chi connectivity index (χ3v) is 6.18. The zero-order valence-corrected chi connectivity index (χ0v) is 20.3. The van der Waals surface area contributed by atoms with Gasteiger partial charge in [-0.3, -0.25) is 9.36 Å². The van der Waals surface area contributed by atoms with Crippen LogP contribution in [0.5, 0.6) is 11.5 Å². The van der Waals surface area contributed by atoms with Crippen LogP contribution in [0, 0.1) is 0 Å². The smallest absolute Gasteiger partial charge is 0.323 e. The molecule has 0 unspecified atom stereocenters. The Hall–Kier alpha value is -4.26. The summed E-state index contributed by atoms with van der Waals surface area (Å²) in [5, 5.41) is 9.99. The second-order valence-electron chi connectivity index (χ2n) is 8.72. The van der Waals surface area contributed by atoms with Crippen molar-refractivity contribution in [3.8, 4) is 17.2 Å². The Morgan fingerprint density at radius 3 is 2.58 bits per heavy atom. The highest BCUT2D eigenvalue weighted by molar-refractivity contribution is 5.84. The van der Waals surface area contributed by atoms with Gasteiger partial charge < -0.3 is 19.1 Å². The van der Waals surface area contributed by atoms with Crippen molar-refractivity contribution < 1.29 is 19.4 Å². The minimum atomic E-state index is -0.862. The number of hydrogen-bond donors (Lipinski definition) is 1. The largest absolute Gasteiger partial charge is 0.493 e. The maximum Gasteiger partial charge on any atom is 0.323 e. The van der Waals surface area contributed by atoms with Crippen molar-refractivity contribution in [1.29, 1.82) is 0 Å². The van der Waals surface area contributed by atoms with Gasteiger partial charge in [-0.25, -0.2) is 4.98 Å². The summed E-state index contributed by atoms with van der Waals surface area (Å²) in [4.78, 5) is 15.7. The summed E-state index contributed by atoms with van der Waals surface area (Å²) in [5.41, 5.74) is 5.17. The fourth-order valence-corrected chi connectivity index (χ4v) is 4.53. The Labute approximate surface area is 209 Å². The second-order valence-corrected chi connectivity index (χ2v) is 8.72. The van der Waals surface area contributed by atoms with Gasteiger partial charge in [0, 0.05) is 34.8 Å². The zero-order chi connectivity index (χ0) is 24.9. The molecule has 0 aliphatic rings. The fourth-order valence-electron chi connectivity index (χ4n) is 4.53. The zero-order valence-electron chi connectivity index (χ0n) is 20.3. The van der Waals surface area contributed by atoms with Crippen molar-refractivity contribution in [2.75, 3.05) is 13.2 Å². The van der Waals surface area contributed by atoms with Crippen molar-refractivity contribution in [1.82, 2.24) is 14.1 Å². The van der Waals surface area contributed by atoms with Crippen LogP contribution in [0.3, 0.4) is 0 Å². The van der Waals surface area contributed by atoms with Gasteiger partial charge in [0.2, 0.25) is 0 Å². The SMILES string of the molecule is CCCc1c(OCCCOc2ccc3c(ccn3CC(=O)O)c2)ccc2c1ncn2-c1ccccc1. The molecule has 0 spiro atoms. The molecule has 0 aliphatic heterocycles. The number of imidazole rings is 1. The molecule has 0 bridgehead atoms. The summed E-state index contributed by atoms with van der Waals surface area (Å²) in [5.74, 6) is 0.776. The predicted octanol–water partition coefficient (Wildman–Crippen LogP) is 5.87. The summed E-state index contributed by atoms with van der Waals surface area (Å²) in [6, 6.07) is 22.0. The molecule has 7 heteroatoms. The van der Waals surface area contributed by atoms with Gasteiger partial charge >= 0.3 is 5.97 Å². The number of aryl methyl sites for hydroxylation is 1. The number of carboxylic acids is 1. The van der Waals surface area contributed by atoms with Crippen molar-refractivity contribution in [2.45, 2.75) is 32.7 Å². The lowest BCUT2D eigenvalue weighted by molar-refractivity contribution is -0.137. The van der Waals surface area contributed by atoms with Gasteiger partial charge in [-0.2, -0.15) is 0 Å². The minimum Gasteiger partial charge on any atom is -0.493 e. The molecule has 7 nitrogen and oxygen atoms in total. The Bertz CT molecular complexity index is 1490. The van der Waals surface area contributed by atoms with Crippen molar-refractivity contribution in [3.05, 3.63) is 84.8 Å². The topological polar surface area (TPSA) is 78.5 Å². The van der Waals surface area contributed by atoms with Gasteiger partial charge in [0.1, 0.15) is 24.4 Å². The van der Waals surface area contributed by atoms with E-state index in [1.165, 1.54) is 0 Å². The number of hydrogen-bond acceptors (Lipinski definition) is 4. The molecule has 5 aromatic rings. The highest BCUT2D eigenvalue weighted by atomic mass is 16.5. The first-order valence-corrected chi connectivity index (χ1v) is 12.2. The van der Waals surface area contributed by atoms with E-state index in [9.17, 15) is 4.79 Å². The molecule has 0 saturated carbocycles. The molecular weight excluding hydrogens is 454 g/mol. The maximum absolute atomic E-state index is 11.0. The van der Waals surface area contributed by atoms with Crippen LogP contribution in [-0.4, -0.2) is 38.4 Å². The predicted molar refractivity (Wildman–Crippen MR) is 140 cm³/mol. The number of aliphatic carboxylic acids is 1. The maximum atomic E-state index is 11.0. The summed E-state index contributed by atoms with van der Waals surface area (Å²) in [6.07, 6.45) is 6.30. The number of rotatable bonds is 11. The molecule has 3 aromatic carbocycles. The average Bonchev–Trinajstić information content (AvgIpc) is 3.49. The van der Waals surface area contributed by atoms with Crippen LogP contribution in [-0.2, 0) is 17.8 Å². The number of carboxylic acid groups (broad SMARTS) is 1. The molecule has 0 saturated heterocycles. The van der Waals surface area contributed by atoms with Gasteiger partial charge in [0.05, 0.1) is 24.2 Å². The first-order valence-electron chi connectivity index (χ1n) is 12.2. The minimum absolute atomic E-state index is 0.0562. The number of ether oxygens (including phenoxy) is 2. The van der Waals surface area contributed by atoms with E-state index in [1.807, 2.05) is 54.9 Å². The Balaban J connectivity index is 1.21. The molecule has 0 atom stereocenters. The monoisotopic (exact) mass is 483 g/mol. The van der Waals surface area contributed by atoms with Crippen molar-refractivity contribution in [2.24, 2.45) is 0 Å². The highest BCUT2D eigenvalue weighted by Crippen LogP contribution is 2.30. The van der Waals surface area contributed by atoms with Gasteiger partial charge in [0.25, 0.3) is 0 Å². The third-order valence-electron chi connectivity index (χ3n) is 6.18. The van der Waals surface area contributed by atoms with E-state index in [0.717, 1.165) is 63.9 Å². The Morgan fingerprint density at radius 2 is 1.78 bits per heavy atom. The van der Waals surface area contributed by atoms with Crippen LogP contribution in [0.1, 0.15) is 25.3 Å². The first kappa shape index (κ1) is 23.5. The standard InChI is InChI=1S/C29H29N3O4/c1-2-7-24-27(13-12-26-29(24)30-20-32(26)22-8-4-3-5-9-22)36-17-6-16-35-23-10-11-25-21(18-23)14-15-31(25)19-28(33)34/h3-5,8-15,18,20H,2,6-7,16-17,19H2,1H3,(H,33,34). The summed E-state index contributed by atoms with van der Waals surface area (Å²) in [7, 11) is 0. The normalized spacial score (nSPS) is 11.2. The molecule has 2 heterocycles. The number of benzene rings is 3. The number of fused-ring (bicyclic) bond motifs is 2. The lowest BCUT2D eigenvalue weighted by atomic mass is 10.1. The molecule has 0 aliphatic carbocycles. The molecule has 0 fully saturated rings. The highest BCUT2D eigenvalue weighted by Gasteiger charge is 2.14. The average molecular weight is 484 g/mol. The van der Waals surface area contributed by atoms with Gasteiger partial charge in [-0.05, 0) is 55.0 Å². The quantitative estimate of drug-likeness (QED) is 0.238. The van der Waals surface area contributed by atoms with Gasteiger partial charge in [0.15, 0.2) is 0 Å². The molecule has 2 aromatic heterocycles. The van der Waals surface area contributed by atoms with Crippen molar-refractivity contribution >= 4 is 27.9 Å². The lowest BCUT2D eigenvalue weighted by Crippen LogP contribution is -2.07. The Kier molecular flexibility index (Phi) is 6.89.